The molecule has 112 valence electrons. The number of H-pyrrole nitrogens is 1. The topological polar surface area (TPSA) is 45.8 Å². The van der Waals surface area contributed by atoms with Gasteiger partial charge in [0.25, 0.3) is 5.56 Å². The summed E-state index contributed by atoms with van der Waals surface area (Å²) in [7, 11) is 0. The molecule has 3 nitrogen and oxygen atoms in total. The van der Waals surface area contributed by atoms with Gasteiger partial charge in [-0.05, 0) is 24.3 Å². The lowest BCUT2D eigenvalue weighted by atomic mass is 9.75. The van der Waals surface area contributed by atoms with Crippen molar-refractivity contribution >= 4 is 0 Å². The Labute approximate surface area is 126 Å². The van der Waals surface area contributed by atoms with E-state index in [2.05, 4.69) is 44.8 Å². The summed E-state index contributed by atoms with van der Waals surface area (Å²) in [5, 5.41) is 0. The summed E-state index contributed by atoms with van der Waals surface area (Å²) >= 11 is 0. The van der Waals surface area contributed by atoms with Crippen LogP contribution in [-0.4, -0.2) is 9.97 Å². The number of aromatic nitrogens is 2. The first-order valence-corrected chi connectivity index (χ1v) is 7.70. The number of hydrogen-bond acceptors (Lipinski definition) is 2. The number of nitrogens with zero attached hydrogens (tertiary/aromatic N) is 1. The molecule has 3 heteroatoms. The van der Waals surface area contributed by atoms with Crippen LogP contribution in [0.4, 0.5) is 0 Å². The van der Waals surface area contributed by atoms with Gasteiger partial charge in [-0.2, -0.15) is 0 Å². The number of benzene rings is 1. The van der Waals surface area contributed by atoms with E-state index in [9.17, 15) is 4.79 Å². The third kappa shape index (κ3) is 2.92. The second-order valence-corrected chi connectivity index (χ2v) is 5.83. The second-order valence-electron chi connectivity index (χ2n) is 5.83. The summed E-state index contributed by atoms with van der Waals surface area (Å²) < 4.78 is 0. The number of hydrogen-bond donors (Lipinski definition) is 1. The van der Waals surface area contributed by atoms with E-state index in [4.69, 9.17) is 4.98 Å². The Bertz CT molecular complexity index is 640. The largest absolute Gasteiger partial charge is 0.310 e. The molecule has 1 aromatic heterocycles. The molecule has 2 rings (SSSR count). The number of rotatable bonds is 5. The number of aromatic amines is 1. The Morgan fingerprint density at radius 2 is 1.76 bits per heavy atom. The molecule has 0 radical (unpaired) electrons. The molecule has 0 aliphatic carbocycles. The third-order valence-corrected chi connectivity index (χ3v) is 4.34. The molecule has 2 aromatic rings. The van der Waals surface area contributed by atoms with Crippen molar-refractivity contribution < 1.29 is 0 Å². The molecule has 0 amide bonds. The minimum atomic E-state index is -0.231. The second kappa shape index (κ2) is 6.25. The van der Waals surface area contributed by atoms with E-state index in [-0.39, 0.29) is 16.9 Å². The molecule has 0 saturated heterocycles. The molecule has 1 aromatic carbocycles. The van der Waals surface area contributed by atoms with E-state index < -0.39 is 0 Å². The quantitative estimate of drug-likeness (QED) is 0.902. The smallest absolute Gasteiger partial charge is 0.251 e. The highest BCUT2D eigenvalue weighted by Crippen LogP contribution is 2.36. The van der Waals surface area contributed by atoms with Gasteiger partial charge in [0.1, 0.15) is 5.82 Å². The first-order chi connectivity index (χ1) is 10.0. The van der Waals surface area contributed by atoms with Crippen molar-refractivity contribution in [3.8, 4) is 0 Å². The Morgan fingerprint density at radius 3 is 2.29 bits per heavy atom. The van der Waals surface area contributed by atoms with Crippen molar-refractivity contribution in [1.82, 2.24) is 9.97 Å². The zero-order chi connectivity index (χ0) is 15.5. The number of nitrogens with one attached hydrogen (secondary N) is 1. The van der Waals surface area contributed by atoms with Crippen molar-refractivity contribution in [3.05, 3.63) is 63.8 Å². The third-order valence-electron chi connectivity index (χ3n) is 4.34. The first kappa shape index (κ1) is 15.5. The van der Waals surface area contributed by atoms with Gasteiger partial charge < -0.3 is 4.98 Å². The summed E-state index contributed by atoms with van der Waals surface area (Å²) in [4.78, 5) is 19.8. The van der Waals surface area contributed by atoms with Gasteiger partial charge in [0, 0.05) is 6.07 Å². The lowest BCUT2D eigenvalue weighted by Crippen LogP contribution is -2.32. The Kier molecular flexibility index (Phi) is 4.61. The summed E-state index contributed by atoms with van der Waals surface area (Å²) in [6, 6.07) is 11.9. The molecule has 0 unspecified atom stereocenters. The predicted octanol–water partition coefficient (Wildman–Crippen LogP) is 4.00. The minimum absolute atomic E-state index is 0.0640. The van der Waals surface area contributed by atoms with E-state index in [0.717, 1.165) is 24.4 Å². The fourth-order valence-electron chi connectivity index (χ4n) is 2.89. The van der Waals surface area contributed by atoms with E-state index in [1.165, 1.54) is 5.56 Å². The lowest BCUT2D eigenvalue weighted by Gasteiger charge is -2.31. The van der Waals surface area contributed by atoms with Crippen molar-refractivity contribution in [2.75, 3.05) is 0 Å². The highest BCUT2D eigenvalue weighted by molar-refractivity contribution is 5.33. The van der Waals surface area contributed by atoms with Crippen molar-refractivity contribution in [1.29, 1.82) is 0 Å². The average Bonchev–Trinajstić information content (AvgIpc) is 2.50. The van der Waals surface area contributed by atoms with Crippen molar-refractivity contribution in [2.45, 2.75) is 51.9 Å². The molecule has 0 bridgehead atoms. The zero-order valence-corrected chi connectivity index (χ0v) is 13.3. The highest BCUT2D eigenvalue weighted by Gasteiger charge is 2.33. The van der Waals surface area contributed by atoms with Crippen LogP contribution in [0.1, 0.15) is 63.5 Å². The van der Waals surface area contributed by atoms with Gasteiger partial charge >= 0.3 is 0 Å². The van der Waals surface area contributed by atoms with Crippen LogP contribution in [0.25, 0.3) is 0 Å². The maximum atomic E-state index is 12.0. The average molecular weight is 284 g/mol. The molecular formula is C18H24N2O. The van der Waals surface area contributed by atoms with Crippen molar-refractivity contribution in [3.63, 3.8) is 0 Å². The van der Waals surface area contributed by atoms with Gasteiger partial charge in [-0.1, -0.05) is 58.0 Å². The molecule has 1 N–H and O–H groups in total. The molecule has 0 fully saturated rings. The summed E-state index contributed by atoms with van der Waals surface area (Å²) in [6.45, 7) is 8.43. The van der Waals surface area contributed by atoms with Gasteiger partial charge in [-0.25, -0.2) is 4.98 Å². The summed E-state index contributed by atoms with van der Waals surface area (Å²) in [6.07, 6.45) is 1.80. The van der Waals surface area contributed by atoms with Crippen LogP contribution >= 0.6 is 0 Å². The van der Waals surface area contributed by atoms with Crippen LogP contribution < -0.4 is 5.56 Å². The van der Waals surface area contributed by atoms with Crippen LogP contribution in [0.2, 0.25) is 0 Å². The van der Waals surface area contributed by atoms with Crippen molar-refractivity contribution in [2.24, 2.45) is 0 Å². The predicted molar refractivity (Wildman–Crippen MR) is 86.8 cm³/mol. The Morgan fingerprint density at radius 1 is 1.14 bits per heavy atom. The van der Waals surface area contributed by atoms with Gasteiger partial charge in [0.05, 0.1) is 11.1 Å². The van der Waals surface area contributed by atoms with E-state index in [1.54, 1.807) is 6.07 Å². The molecule has 0 aliphatic rings. The normalized spacial score (nSPS) is 11.9. The molecule has 0 aliphatic heterocycles. The van der Waals surface area contributed by atoms with Crippen LogP contribution in [0, 0.1) is 0 Å². The molecule has 1 heterocycles. The summed E-state index contributed by atoms with van der Waals surface area (Å²) in [5.74, 6) is 1.03. The molecule has 0 saturated carbocycles. The van der Waals surface area contributed by atoms with Gasteiger partial charge in [0.2, 0.25) is 0 Å². The van der Waals surface area contributed by atoms with Gasteiger partial charge in [-0.3, -0.25) is 4.79 Å². The highest BCUT2D eigenvalue weighted by atomic mass is 16.1. The monoisotopic (exact) mass is 284 g/mol. The van der Waals surface area contributed by atoms with Crippen LogP contribution in [-0.2, 0) is 5.41 Å². The Balaban J connectivity index is 2.66. The Hall–Kier alpha value is -1.90. The maximum absolute atomic E-state index is 12.0. The molecule has 21 heavy (non-hydrogen) atoms. The van der Waals surface area contributed by atoms with Crippen LogP contribution in [0.3, 0.4) is 0 Å². The van der Waals surface area contributed by atoms with Crippen LogP contribution in [0.5, 0.6) is 0 Å². The molecule has 0 atom stereocenters. The first-order valence-electron chi connectivity index (χ1n) is 7.70. The molecule has 0 spiro atoms. The fraction of sp³-hybridized carbons (Fsp3) is 0.444. The zero-order valence-electron chi connectivity index (χ0n) is 13.3. The van der Waals surface area contributed by atoms with E-state index in [1.807, 2.05) is 18.2 Å². The lowest BCUT2D eigenvalue weighted by molar-refractivity contribution is 0.444. The minimum Gasteiger partial charge on any atom is -0.310 e. The van der Waals surface area contributed by atoms with Gasteiger partial charge in [0.15, 0.2) is 0 Å². The van der Waals surface area contributed by atoms with E-state index >= 15 is 0 Å². The SMILES string of the molecule is CCC(CC)(c1ccccc1)c1nc(C(C)C)cc(=O)[nH]1. The maximum Gasteiger partial charge on any atom is 0.251 e. The standard InChI is InChI=1S/C18H24N2O/c1-5-18(6-2,14-10-8-7-9-11-14)17-19-15(13(3)4)12-16(21)20-17/h7-13H,5-6H2,1-4H3,(H,19,20,21). The molecular weight excluding hydrogens is 260 g/mol. The van der Waals surface area contributed by atoms with E-state index in [0.29, 0.717) is 0 Å². The van der Waals surface area contributed by atoms with Crippen LogP contribution in [0.15, 0.2) is 41.2 Å². The van der Waals surface area contributed by atoms with Gasteiger partial charge in [-0.15, -0.1) is 0 Å². The summed E-state index contributed by atoms with van der Waals surface area (Å²) in [5.41, 5.74) is 1.77. The fourth-order valence-corrected chi connectivity index (χ4v) is 2.89.